The molecule has 0 bridgehead atoms. The molecule has 1 atom stereocenters. The second-order valence-electron chi connectivity index (χ2n) is 8.34. The number of nitrogens with two attached hydrogens (primary N) is 1. The average molecular weight is 405 g/mol. The summed E-state index contributed by atoms with van der Waals surface area (Å²) in [4.78, 5) is 19.3. The van der Waals surface area contributed by atoms with E-state index in [1.54, 1.807) is 0 Å². The number of aryl methyl sites for hydroxylation is 2. The van der Waals surface area contributed by atoms with Crippen LogP contribution in [0.1, 0.15) is 42.8 Å². The number of rotatable bonds is 7. The second-order valence-corrected chi connectivity index (χ2v) is 9.46. The van der Waals surface area contributed by atoms with Gasteiger partial charge in [-0.2, -0.15) is 4.39 Å². The summed E-state index contributed by atoms with van der Waals surface area (Å²) in [6.07, 6.45) is 4.59. The number of urea groups is 1. The molecule has 0 aliphatic carbocycles. The lowest BCUT2D eigenvalue weighted by molar-refractivity contribution is 0.127. The van der Waals surface area contributed by atoms with Crippen LogP contribution >= 0.6 is 11.3 Å². The molecule has 2 amide bonds. The van der Waals surface area contributed by atoms with E-state index in [9.17, 15) is 9.18 Å². The predicted molar refractivity (Wildman–Crippen MR) is 111 cm³/mol. The normalized spacial score (nSPS) is 20.4. The Hall–Kier alpha value is -1.99. The summed E-state index contributed by atoms with van der Waals surface area (Å²) in [5.74, 6) is 0. The van der Waals surface area contributed by atoms with E-state index in [2.05, 4.69) is 35.1 Å². The van der Waals surface area contributed by atoms with Crippen LogP contribution in [0.4, 0.5) is 9.18 Å². The molecule has 3 heterocycles. The maximum Gasteiger partial charge on any atom is 0.312 e. The molecule has 1 saturated heterocycles. The van der Waals surface area contributed by atoms with E-state index in [0.717, 1.165) is 42.9 Å². The highest BCUT2D eigenvalue weighted by Crippen LogP contribution is 2.41. The summed E-state index contributed by atoms with van der Waals surface area (Å²) in [6.45, 7) is 8.73. The summed E-state index contributed by atoms with van der Waals surface area (Å²) < 4.78 is 13.3. The minimum Gasteiger partial charge on any atom is -0.352 e. The maximum atomic E-state index is 13.3. The highest BCUT2D eigenvalue weighted by molar-refractivity contribution is 7.10. The number of likely N-dealkylation sites (tertiary alicyclic amines) is 1. The van der Waals surface area contributed by atoms with Crippen LogP contribution in [0, 0.1) is 17.5 Å². The third-order valence-electron chi connectivity index (χ3n) is 6.01. The average Bonchev–Trinajstić information content (AvgIpc) is 3.26. The zero-order valence-electron chi connectivity index (χ0n) is 16.8. The van der Waals surface area contributed by atoms with Crippen molar-refractivity contribution < 1.29 is 9.18 Å². The molecule has 1 aliphatic rings. The topological polar surface area (TPSA) is 71.2 Å². The van der Waals surface area contributed by atoms with Crippen LogP contribution in [0.15, 0.2) is 30.5 Å². The first kappa shape index (κ1) is 20.7. The molecule has 2 aromatic rings. The molecule has 0 spiro atoms. The molecule has 1 aliphatic heterocycles. The van der Waals surface area contributed by atoms with Gasteiger partial charge in [-0.15, -0.1) is 11.3 Å². The minimum atomic E-state index is -0.498. The van der Waals surface area contributed by atoms with Crippen LogP contribution in [0.2, 0.25) is 0 Å². The number of amides is 2. The number of primary amides is 1. The highest BCUT2D eigenvalue weighted by Gasteiger charge is 2.43. The smallest absolute Gasteiger partial charge is 0.312 e. The van der Waals surface area contributed by atoms with Gasteiger partial charge in [-0.05, 0) is 70.3 Å². The second kappa shape index (κ2) is 8.17. The lowest BCUT2D eigenvalue weighted by Crippen LogP contribution is -2.45. The molecule has 152 valence electrons. The Kier molecular flexibility index (Phi) is 6.05. The van der Waals surface area contributed by atoms with Crippen molar-refractivity contribution in [2.24, 2.45) is 11.1 Å². The van der Waals surface area contributed by atoms with Crippen molar-refractivity contribution in [3.05, 3.63) is 51.7 Å². The molecule has 7 heteroatoms. The van der Waals surface area contributed by atoms with Crippen molar-refractivity contribution in [2.45, 2.75) is 45.6 Å². The molecule has 3 N–H and O–H groups in total. The largest absolute Gasteiger partial charge is 0.352 e. The molecule has 0 saturated carbocycles. The highest BCUT2D eigenvalue weighted by atomic mass is 32.1. The van der Waals surface area contributed by atoms with Crippen LogP contribution in [-0.4, -0.2) is 35.5 Å². The Balaban J connectivity index is 1.75. The van der Waals surface area contributed by atoms with Crippen LogP contribution in [0.25, 0.3) is 0 Å². The van der Waals surface area contributed by atoms with Crippen molar-refractivity contribution in [3.8, 4) is 0 Å². The van der Waals surface area contributed by atoms with Gasteiger partial charge in [0, 0.05) is 40.8 Å². The molecule has 3 rings (SSSR count). The summed E-state index contributed by atoms with van der Waals surface area (Å²) in [5, 5.41) is 2.67. The molecular weight excluding hydrogens is 375 g/mol. The van der Waals surface area contributed by atoms with Gasteiger partial charge in [0.25, 0.3) is 0 Å². The number of halogens is 1. The zero-order chi connectivity index (χ0) is 20.4. The lowest BCUT2D eigenvalue weighted by atomic mass is 9.81. The number of nitrogens with one attached hydrogen (secondary N) is 1. The third-order valence-corrected chi connectivity index (χ3v) is 6.95. The minimum absolute atomic E-state index is 0.0785. The number of aromatic nitrogens is 1. The molecule has 2 aromatic heterocycles. The van der Waals surface area contributed by atoms with E-state index in [4.69, 9.17) is 5.73 Å². The number of hydrogen-bond donors (Lipinski definition) is 2. The summed E-state index contributed by atoms with van der Waals surface area (Å²) >= 11 is 1.20. The van der Waals surface area contributed by atoms with Crippen LogP contribution in [-0.2, 0) is 12.0 Å². The Morgan fingerprint density at radius 3 is 2.79 bits per heavy atom. The number of nitrogens with zero attached hydrogens (tertiary/aromatic N) is 2. The fourth-order valence-electron chi connectivity index (χ4n) is 4.01. The summed E-state index contributed by atoms with van der Waals surface area (Å²) in [5.41, 5.74) is 7.29. The van der Waals surface area contributed by atoms with Gasteiger partial charge in [0.2, 0.25) is 0 Å². The van der Waals surface area contributed by atoms with Crippen molar-refractivity contribution in [2.75, 3.05) is 19.6 Å². The van der Waals surface area contributed by atoms with Crippen molar-refractivity contribution >= 4 is 17.4 Å². The van der Waals surface area contributed by atoms with E-state index in [0.29, 0.717) is 6.54 Å². The molecule has 1 fully saturated rings. The third kappa shape index (κ3) is 4.70. The van der Waals surface area contributed by atoms with Crippen LogP contribution < -0.4 is 11.1 Å². The summed E-state index contributed by atoms with van der Waals surface area (Å²) in [6, 6.07) is 7.05. The Labute approximate surface area is 170 Å². The van der Waals surface area contributed by atoms with Crippen molar-refractivity contribution in [1.82, 2.24) is 15.2 Å². The van der Waals surface area contributed by atoms with E-state index < -0.39 is 6.03 Å². The number of carbonyl (C=O) groups is 1. The quantitative estimate of drug-likeness (QED) is 0.737. The molecular formula is C21H29FN4OS. The van der Waals surface area contributed by atoms with Gasteiger partial charge >= 0.3 is 6.03 Å². The van der Waals surface area contributed by atoms with E-state index in [1.165, 1.54) is 23.0 Å². The van der Waals surface area contributed by atoms with E-state index >= 15 is 0 Å². The van der Waals surface area contributed by atoms with Gasteiger partial charge in [0.05, 0.1) is 0 Å². The van der Waals surface area contributed by atoms with E-state index in [1.807, 2.05) is 25.3 Å². The fourth-order valence-corrected chi connectivity index (χ4v) is 4.74. The van der Waals surface area contributed by atoms with Crippen molar-refractivity contribution in [1.29, 1.82) is 0 Å². The van der Waals surface area contributed by atoms with E-state index in [-0.39, 0.29) is 16.1 Å². The predicted octanol–water partition coefficient (Wildman–Crippen LogP) is 3.82. The van der Waals surface area contributed by atoms with Crippen LogP contribution in [0.5, 0.6) is 0 Å². The van der Waals surface area contributed by atoms with Crippen LogP contribution in [0.3, 0.4) is 0 Å². The van der Waals surface area contributed by atoms with Crippen molar-refractivity contribution in [3.63, 3.8) is 0 Å². The molecule has 5 nitrogen and oxygen atoms in total. The number of carbonyl (C=O) groups excluding carboxylic acids is 1. The maximum absolute atomic E-state index is 13.3. The molecule has 0 radical (unpaired) electrons. The number of thiophene rings is 1. The fraction of sp³-hybridized carbons (Fsp3) is 0.524. The molecule has 28 heavy (non-hydrogen) atoms. The van der Waals surface area contributed by atoms with Gasteiger partial charge in [0.15, 0.2) is 5.13 Å². The monoisotopic (exact) mass is 404 g/mol. The molecule has 0 unspecified atom stereocenters. The van der Waals surface area contributed by atoms with Gasteiger partial charge in [-0.1, -0.05) is 6.07 Å². The first-order valence-electron chi connectivity index (χ1n) is 9.66. The lowest BCUT2D eigenvalue weighted by Gasteiger charge is -2.38. The Bertz CT molecular complexity index is 820. The Morgan fingerprint density at radius 1 is 1.39 bits per heavy atom. The van der Waals surface area contributed by atoms with Gasteiger partial charge in [0.1, 0.15) is 0 Å². The summed E-state index contributed by atoms with van der Waals surface area (Å²) in [7, 11) is 0. The Morgan fingerprint density at radius 2 is 2.18 bits per heavy atom. The van der Waals surface area contributed by atoms with Gasteiger partial charge < -0.3 is 11.1 Å². The first-order valence-corrected chi connectivity index (χ1v) is 10.5. The first-order chi connectivity index (χ1) is 13.2. The van der Waals surface area contributed by atoms with Gasteiger partial charge in [-0.25, -0.2) is 4.79 Å². The molecule has 0 aromatic carbocycles. The SMILES string of the molecule is Cc1ccc(C(C)(C)N2CC[C@@](CCc3ccc(F)s3)(CNC(N)=O)C2)cn1. The number of hydrogen-bond acceptors (Lipinski definition) is 4. The standard InChI is InChI=1S/C21H29FN4OS/c1-15-4-5-16(12-24-15)20(2,3)26-11-10-21(14-26,13-25-19(23)27)9-8-17-6-7-18(22)28-17/h4-7,12H,8-11,13-14H2,1-3H3,(H3,23,25,27)/t21-/m0/s1. The van der Waals surface area contributed by atoms with Gasteiger partial charge in [-0.3, -0.25) is 9.88 Å². The number of pyridine rings is 1. The zero-order valence-corrected chi connectivity index (χ0v) is 17.6.